The maximum absolute atomic E-state index is 12.3. The molecule has 0 aromatic carbocycles. The first kappa shape index (κ1) is 17.1. The van der Waals surface area contributed by atoms with Crippen LogP contribution in [0.2, 0.25) is 0 Å². The molecule has 0 N–H and O–H groups in total. The highest BCUT2D eigenvalue weighted by Crippen LogP contribution is 2.29. The maximum Gasteiger partial charge on any atom is 0.350 e. The lowest BCUT2D eigenvalue weighted by Crippen LogP contribution is -2.44. The van der Waals surface area contributed by atoms with E-state index < -0.39 is 5.97 Å². The second-order valence-electron chi connectivity index (χ2n) is 5.95. The van der Waals surface area contributed by atoms with E-state index in [-0.39, 0.29) is 18.6 Å². The monoisotopic (exact) mass is 364 g/mol. The SMILES string of the molecule is Cc1nc(-c2ccsc2)sc1C(=O)OCC(=O)N1CCCC[C@@H]1C. The molecular weight excluding hydrogens is 344 g/mol. The van der Waals surface area contributed by atoms with E-state index >= 15 is 0 Å². The molecule has 0 aliphatic carbocycles. The van der Waals surface area contributed by atoms with Crippen LogP contribution in [-0.2, 0) is 9.53 Å². The molecule has 7 heteroatoms. The minimum atomic E-state index is -0.468. The smallest absolute Gasteiger partial charge is 0.350 e. The van der Waals surface area contributed by atoms with Crippen LogP contribution < -0.4 is 0 Å². The molecule has 0 saturated carbocycles. The van der Waals surface area contributed by atoms with Crippen molar-refractivity contribution in [3.05, 3.63) is 27.4 Å². The standard InChI is InChI=1S/C17H20N2O3S2/c1-11-5-3-4-7-19(11)14(20)9-22-17(21)15-12(2)18-16(24-15)13-6-8-23-10-13/h6,8,10-11H,3-5,7,9H2,1-2H3/t11-/m0/s1. The number of carbonyl (C=O) groups excluding carboxylic acids is 2. The number of likely N-dealkylation sites (tertiary alicyclic amines) is 1. The second kappa shape index (κ2) is 7.44. The summed E-state index contributed by atoms with van der Waals surface area (Å²) in [7, 11) is 0. The van der Waals surface area contributed by atoms with Gasteiger partial charge in [0.25, 0.3) is 5.91 Å². The maximum atomic E-state index is 12.3. The van der Waals surface area contributed by atoms with Gasteiger partial charge in [0.05, 0.1) is 5.69 Å². The quantitative estimate of drug-likeness (QED) is 0.776. The molecule has 2 aromatic heterocycles. The number of aryl methyl sites for hydroxylation is 1. The Hall–Kier alpha value is -1.73. The Labute approximate surface area is 149 Å². The fourth-order valence-electron chi connectivity index (χ4n) is 2.84. The summed E-state index contributed by atoms with van der Waals surface area (Å²) in [5.41, 5.74) is 1.65. The summed E-state index contributed by atoms with van der Waals surface area (Å²) < 4.78 is 5.25. The van der Waals surface area contributed by atoms with Crippen LogP contribution in [0.4, 0.5) is 0 Å². The number of esters is 1. The highest BCUT2D eigenvalue weighted by Gasteiger charge is 2.25. The van der Waals surface area contributed by atoms with Crippen LogP contribution >= 0.6 is 22.7 Å². The van der Waals surface area contributed by atoms with Crippen LogP contribution in [0.3, 0.4) is 0 Å². The minimum absolute atomic E-state index is 0.115. The van der Waals surface area contributed by atoms with Crippen LogP contribution in [0.5, 0.6) is 0 Å². The highest BCUT2D eigenvalue weighted by atomic mass is 32.1. The molecule has 24 heavy (non-hydrogen) atoms. The number of hydrogen-bond donors (Lipinski definition) is 0. The third-order valence-corrected chi connectivity index (χ3v) is 6.07. The average molecular weight is 364 g/mol. The summed E-state index contributed by atoms with van der Waals surface area (Å²) >= 11 is 2.90. The van der Waals surface area contributed by atoms with Crippen molar-refractivity contribution in [2.24, 2.45) is 0 Å². The zero-order valence-electron chi connectivity index (χ0n) is 13.8. The van der Waals surface area contributed by atoms with Gasteiger partial charge in [-0.2, -0.15) is 11.3 Å². The Bertz CT molecular complexity index is 724. The van der Waals surface area contributed by atoms with Crippen LogP contribution in [0.1, 0.15) is 41.6 Å². The molecular formula is C17H20N2O3S2. The van der Waals surface area contributed by atoms with E-state index in [4.69, 9.17) is 4.74 Å². The predicted molar refractivity (Wildman–Crippen MR) is 95.5 cm³/mol. The van der Waals surface area contributed by atoms with Crippen molar-refractivity contribution in [3.63, 3.8) is 0 Å². The molecule has 1 fully saturated rings. The number of thiophene rings is 1. The third kappa shape index (κ3) is 3.67. The van der Waals surface area contributed by atoms with Gasteiger partial charge in [0.15, 0.2) is 6.61 Å². The van der Waals surface area contributed by atoms with Gasteiger partial charge in [-0.15, -0.1) is 11.3 Å². The first-order valence-corrected chi connectivity index (χ1v) is 9.79. The molecule has 3 rings (SSSR count). The van der Waals surface area contributed by atoms with Crippen molar-refractivity contribution in [3.8, 4) is 10.6 Å². The molecule has 1 amide bonds. The summed E-state index contributed by atoms with van der Waals surface area (Å²) in [6.07, 6.45) is 3.18. The fraction of sp³-hybridized carbons (Fsp3) is 0.471. The van der Waals surface area contributed by atoms with Gasteiger partial charge in [0.1, 0.15) is 9.88 Å². The van der Waals surface area contributed by atoms with E-state index in [0.29, 0.717) is 10.6 Å². The summed E-state index contributed by atoms with van der Waals surface area (Å²) in [5, 5.41) is 4.77. The van der Waals surface area contributed by atoms with E-state index in [9.17, 15) is 9.59 Å². The highest BCUT2D eigenvalue weighted by molar-refractivity contribution is 7.17. The normalized spacial score (nSPS) is 17.8. The first-order chi connectivity index (χ1) is 11.6. The molecule has 1 aliphatic heterocycles. The summed E-state index contributed by atoms with van der Waals surface area (Å²) in [6, 6.07) is 2.19. The fourth-order valence-corrected chi connectivity index (χ4v) is 4.51. The number of rotatable bonds is 4. The minimum Gasteiger partial charge on any atom is -0.451 e. The topological polar surface area (TPSA) is 59.5 Å². The van der Waals surface area contributed by atoms with E-state index in [1.807, 2.05) is 28.7 Å². The Morgan fingerprint density at radius 2 is 2.25 bits per heavy atom. The molecule has 0 radical (unpaired) electrons. The summed E-state index contributed by atoms with van der Waals surface area (Å²) in [6.45, 7) is 4.38. The van der Waals surface area contributed by atoms with E-state index in [1.54, 1.807) is 18.3 Å². The van der Waals surface area contributed by atoms with Gasteiger partial charge in [-0.3, -0.25) is 4.79 Å². The van der Waals surface area contributed by atoms with E-state index in [2.05, 4.69) is 4.98 Å². The number of aromatic nitrogens is 1. The van der Waals surface area contributed by atoms with Crippen molar-refractivity contribution in [1.82, 2.24) is 9.88 Å². The van der Waals surface area contributed by atoms with Crippen molar-refractivity contribution in [2.75, 3.05) is 13.2 Å². The molecule has 3 heterocycles. The lowest BCUT2D eigenvalue weighted by Gasteiger charge is -2.33. The number of hydrogen-bond acceptors (Lipinski definition) is 6. The number of thiazole rings is 1. The van der Waals surface area contributed by atoms with Crippen molar-refractivity contribution >= 4 is 34.6 Å². The van der Waals surface area contributed by atoms with Gasteiger partial charge >= 0.3 is 5.97 Å². The van der Waals surface area contributed by atoms with Crippen LogP contribution in [0, 0.1) is 6.92 Å². The Kier molecular flexibility index (Phi) is 5.30. The van der Waals surface area contributed by atoms with Gasteiger partial charge in [-0.1, -0.05) is 0 Å². The van der Waals surface area contributed by atoms with Crippen molar-refractivity contribution < 1.29 is 14.3 Å². The van der Waals surface area contributed by atoms with Gasteiger partial charge in [-0.25, -0.2) is 9.78 Å². The molecule has 0 bridgehead atoms. The molecule has 0 unspecified atom stereocenters. The molecule has 2 aromatic rings. The van der Waals surface area contributed by atoms with Gasteiger partial charge in [0.2, 0.25) is 0 Å². The molecule has 5 nitrogen and oxygen atoms in total. The number of ether oxygens (including phenoxy) is 1. The third-order valence-electron chi connectivity index (χ3n) is 4.20. The van der Waals surface area contributed by atoms with Gasteiger partial charge in [0, 0.05) is 23.5 Å². The molecule has 1 aliphatic rings. The van der Waals surface area contributed by atoms with E-state index in [1.165, 1.54) is 11.3 Å². The Morgan fingerprint density at radius 1 is 1.42 bits per heavy atom. The average Bonchev–Trinajstić information content (AvgIpc) is 3.22. The zero-order valence-corrected chi connectivity index (χ0v) is 15.4. The van der Waals surface area contributed by atoms with Crippen LogP contribution in [0.15, 0.2) is 16.8 Å². The molecule has 0 spiro atoms. The largest absolute Gasteiger partial charge is 0.451 e. The van der Waals surface area contributed by atoms with E-state index in [0.717, 1.165) is 36.4 Å². The number of carbonyl (C=O) groups is 2. The number of nitrogens with zero attached hydrogens (tertiary/aromatic N) is 2. The van der Waals surface area contributed by atoms with Crippen LogP contribution in [-0.4, -0.2) is 41.0 Å². The van der Waals surface area contributed by atoms with Crippen molar-refractivity contribution in [1.29, 1.82) is 0 Å². The van der Waals surface area contributed by atoms with Gasteiger partial charge in [-0.05, 0) is 44.6 Å². The lowest BCUT2D eigenvalue weighted by molar-refractivity contribution is -0.137. The second-order valence-corrected chi connectivity index (χ2v) is 7.73. The molecule has 1 atom stereocenters. The summed E-state index contributed by atoms with van der Waals surface area (Å²) in [5.74, 6) is -0.583. The zero-order chi connectivity index (χ0) is 17.1. The number of amides is 1. The molecule has 128 valence electrons. The summed E-state index contributed by atoms with van der Waals surface area (Å²) in [4.78, 5) is 31.3. The van der Waals surface area contributed by atoms with Gasteiger partial charge < -0.3 is 9.64 Å². The lowest BCUT2D eigenvalue weighted by atomic mass is 10.0. The van der Waals surface area contributed by atoms with Crippen LogP contribution in [0.25, 0.3) is 10.6 Å². The predicted octanol–water partition coefficient (Wildman–Crippen LogP) is 3.74. The Morgan fingerprint density at radius 3 is 2.96 bits per heavy atom. The first-order valence-electron chi connectivity index (χ1n) is 8.03. The molecule has 1 saturated heterocycles. The van der Waals surface area contributed by atoms with Crippen molar-refractivity contribution in [2.45, 2.75) is 39.2 Å². The number of piperidine rings is 1. The Balaban J connectivity index is 1.62.